The van der Waals surface area contributed by atoms with Gasteiger partial charge >= 0.3 is 18.0 Å². The first kappa shape index (κ1) is 13.0. The lowest BCUT2D eigenvalue weighted by Gasteiger charge is -2.05. The minimum atomic E-state index is -1.13. The highest BCUT2D eigenvalue weighted by Gasteiger charge is 2.13. The third-order valence-electron chi connectivity index (χ3n) is 1.75. The Kier molecular flexibility index (Phi) is 4.46. The van der Waals surface area contributed by atoms with E-state index in [0.29, 0.717) is 0 Å². The predicted octanol–water partition coefficient (Wildman–Crippen LogP) is 1.04. The molecule has 92 valence electrons. The molecule has 0 aliphatic heterocycles. The standard InChI is InChI=1S/C9H10N2O5S/c12-6(13)1-3-10-9(16)11-7-5(8(14)15)2-4-17-7/h2,4H,1,3H2,(H,12,13)(H,14,15)(H2,10,11,16). The fraction of sp³-hybridized carbons (Fsp3) is 0.222. The average Bonchev–Trinajstić information content (AvgIpc) is 2.65. The Morgan fingerprint density at radius 2 is 2.00 bits per heavy atom. The minimum absolute atomic E-state index is 0.00313. The molecule has 0 aromatic carbocycles. The van der Waals surface area contributed by atoms with Crippen molar-refractivity contribution in [1.29, 1.82) is 0 Å². The second kappa shape index (κ2) is 5.85. The molecule has 1 heterocycles. The van der Waals surface area contributed by atoms with Crippen molar-refractivity contribution in [2.75, 3.05) is 11.9 Å². The number of carbonyl (C=O) groups excluding carboxylic acids is 1. The van der Waals surface area contributed by atoms with Gasteiger partial charge in [-0.25, -0.2) is 9.59 Å². The molecule has 0 aliphatic rings. The van der Waals surface area contributed by atoms with E-state index in [4.69, 9.17) is 10.2 Å². The molecule has 1 aromatic rings. The Morgan fingerprint density at radius 3 is 2.59 bits per heavy atom. The zero-order chi connectivity index (χ0) is 12.8. The first-order valence-corrected chi connectivity index (χ1v) is 5.46. The highest BCUT2D eigenvalue weighted by Crippen LogP contribution is 2.22. The summed E-state index contributed by atoms with van der Waals surface area (Å²) >= 11 is 1.08. The maximum atomic E-state index is 11.3. The van der Waals surface area contributed by atoms with Gasteiger partial charge in [0.2, 0.25) is 0 Å². The van der Waals surface area contributed by atoms with Crippen LogP contribution in [0.15, 0.2) is 11.4 Å². The molecule has 8 heteroatoms. The second-order valence-electron chi connectivity index (χ2n) is 2.99. The number of amides is 2. The van der Waals surface area contributed by atoms with Gasteiger partial charge in [0.05, 0.1) is 12.0 Å². The number of carboxylic acids is 2. The van der Waals surface area contributed by atoms with Gasteiger partial charge in [0.1, 0.15) is 5.00 Å². The van der Waals surface area contributed by atoms with Crippen molar-refractivity contribution in [3.63, 3.8) is 0 Å². The molecule has 0 radical (unpaired) electrons. The van der Waals surface area contributed by atoms with Crippen molar-refractivity contribution >= 4 is 34.3 Å². The molecule has 17 heavy (non-hydrogen) atoms. The Labute approximate surface area is 100 Å². The van der Waals surface area contributed by atoms with Crippen LogP contribution in [0.1, 0.15) is 16.8 Å². The summed E-state index contributed by atoms with van der Waals surface area (Å²) in [5, 5.41) is 23.5. The quantitative estimate of drug-likeness (QED) is 0.629. The number of nitrogens with one attached hydrogen (secondary N) is 2. The summed E-state index contributed by atoms with van der Waals surface area (Å²) < 4.78 is 0. The number of hydrogen-bond donors (Lipinski definition) is 4. The number of thiophene rings is 1. The fourth-order valence-electron chi connectivity index (χ4n) is 1.00. The van der Waals surface area contributed by atoms with Crippen molar-refractivity contribution < 1.29 is 24.6 Å². The Morgan fingerprint density at radius 1 is 1.29 bits per heavy atom. The molecule has 2 amide bonds. The van der Waals surface area contributed by atoms with Gasteiger partial charge in [0.25, 0.3) is 0 Å². The molecule has 7 nitrogen and oxygen atoms in total. The number of aromatic carboxylic acids is 1. The molecule has 1 rings (SSSR count). The SMILES string of the molecule is O=C(O)CCNC(=O)Nc1sccc1C(=O)O. The average molecular weight is 258 g/mol. The fourth-order valence-corrected chi connectivity index (χ4v) is 1.78. The van der Waals surface area contributed by atoms with E-state index >= 15 is 0 Å². The maximum absolute atomic E-state index is 11.3. The lowest BCUT2D eigenvalue weighted by atomic mass is 10.3. The maximum Gasteiger partial charge on any atom is 0.338 e. The van der Waals surface area contributed by atoms with E-state index in [2.05, 4.69) is 10.6 Å². The Hall–Kier alpha value is -2.09. The highest BCUT2D eigenvalue weighted by atomic mass is 32.1. The van der Waals surface area contributed by atoms with E-state index in [-0.39, 0.29) is 23.5 Å². The molecule has 0 aliphatic carbocycles. The normalized spacial score (nSPS) is 9.65. The van der Waals surface area contributed by atoms with E-state index in [9.17, 15) is 14.4 Å². The third-order valence-corrected chi connectivity index (χ3v) is 2.58. The molecule has 0 saturated heterocycles. The van der Waals surface area contributed by atoms with Crippen molar-refractivity contribution in [2.24, 2.45) is 0 Å². The summed E-state index contributed by atoms with van der Waals surface area (Å²) in [6, 6.07) is 0.746. The molecule has 4 N–H and O–H groups in total. The predicted molar refractivity (Wildman–Crippen MR) is 60.6 cm³/mol. The van der Waals surface area contributed by atoms with Crippen LogP contribution in [0.4, 0.5) is 9.80 Å². The number of anilines is 1. The van der Waals surface area contributed by atoms with Crippen LogP contribution in [-0.2, 0) is 4.79 Å². The number of rotatable bonds is 5. The highest BCUT2D eigenvalue weighted by molar-refractivity contribution is 7.14. The number of urea groups is 1. The van der Waals surface area contributed by atoms with Gasteiger partial charge in [-0.3, -0.25) is 10.1 Å². The van der Waals surface area contributed by atoms with E-state index in [1.54, 1.807) is 0 Å². The number of carboxylic acid groups (broad SMARTS) is 2. The summed E-state index contributed by atoms with van der Waals surface area (Å²) in [5.74, 6) is -2.15. The second-order valence-corrected chi connectivity index (χ2v) is 3.91. The topological polar surface area (TPSA) is 116 Å². The number of hydrogen-bond acceptors (Lipinski definition) is 4. The van der Waals surface area contributed by atoms with Crippen LogP contribution in [0, 0.1) is 0 Å². The minimum Gasteiger partial charge on any atom is -0.481 e. The molecule has 0 bridgehead atoms. The summed E-state index contributed by atoms with van der Waals surface area (Å²) in [6.45, 7) is -0.0189. The zero-order valence-electron chi connectivity index (χ0n) is 8.60. The van der Waals surface area contributed by atoms with Gasteiger partial charge in [-0.05, 0) is 11.4 Å². The van der Waals surface area contributed by atoms with Gasteiger partial charge in [0.15, 0.2) is 0 Å². The van der Waals surface area contributed by atoms with Gasteiger partial charge in [0, 0.05) is 6.54 Å². The van der Waals surface area contributed by atoms with Crippen LogP contribution in [-0.4, -0.2) is 34.7 Å². The molecule has 0 atom stereocenters. The van der Waals surface area contributed by atoms with Crippen molar-refractivity contribution in [3.05, 3.63) is 17.0 Å². The molecule has 0 unspecified atom stereocenters. The zero-order valence-corrected chi connectivity index (χ0v) is 9.41. The van der Waals surface area contributed by atoms with Gasteiger partial charge < -0.3 is 15.5 Å². The van der Waals surface area contributed by atoms with Crippen molar-refractivity contribution in [2.45, 2.75) is 6.42 Å². The lowest BCUT2D eigenvalue weighted by molar-refractivity contribution is -0.136. The van der Waals surface area contributed by atoms with Crippen molar-refractivity contribution in [3.8, 4) is 0 Å². The molecule has 0 spiro atoms. The summed E-state index contributed by atoms with van der Waals surface area (Å²) in [4.78, 5) is 32.2. The van der Waals surface area contributed by atoms with Crippen LogP contribution in [0.3, 0.4) is 0 Å². The smallest absolute Gasteiger partial charge is 0.338 e. The van der Waals surface area contributed by atoms with E-state index in [1.165, 1.54) is 11.4 Å². The van der Waals surface area contributed by atoms with Crippen LogP contribution >= 0.6 is 11.3 Å². The largest absolute Gasteiger partial charge is 0.481 e. The summed E-state index contributed by atoms with van der Waals surface area (Å²) in [6.07, 6.45) is -0.191. The van der Waals surface area contributed by atoms with E-state index < -0.39 is 18.0 Å². The van der Waals surface area contributed by atoms with Crippen LogP contribution in [0.2, 0.25) is 0 Å². The van der Waals surface area contributed by atoms with Gasteiger partial charge in [-0.1, -0.05) is 0 Å². The molecule has 0 fully saturated rings. The first-order valence-electron chi connectivity index (χ1n) is 4.58. The molecule has 1 aromatic heterocycles. The molecule has 0 saturated carbocycles. The van der Waals surface area contributed by atoms with Crippen LogP contribution in [0.5, 0.6) is 0 Å². The molecular weight excluding hydrogens is 248 g/mol. The van der Waals surface area contributed by atoms with E-state index in [0.717, 1.165) is 11.3 Å². The monoisotopic (exact) mass is 258 g/mol. The third kappa shape index (κ3) is 4.11. The van der Waals surface area contributed by atoms with Gasteiger partial charge in [-0.15, -0.1) is 11.3 Å². The molecular formula is C9H10N2O5S. The van der Waals surface area contributed by atoms with E-state index in [1.807, 2.05) is 0 Å². The van der Waals surface area contributed by atoms with Crippen LogP contribution < -0.4 is 10.6 Å². The number of carbonyl (C=O) groups is 3. The van der Waals surface area contributed by atoms with Crippen molar-refractivity contribution in [1.82, 2.24) is 5.32 Å². The summed E-state index contributed by atoms with van der Waals surface area (Å²) in [5.41, 5.74) is 0.00313. The lowest BCUT2D eigenvalue weighted by Crippen LogP contribution is -2.30. The first-order chi connectivity index (χ1) is 8.00. The summed E-state index contributed by atoms with van der Waals surface area (Å²) in [7, 11) is 0. The number of aliphatic carboxylic acids is 1. The van der Waals surface area contributed by atoms with Crippen LogP contribution in [0.25, 0.3) is 0 Å². The van der Waals surface area contributed by atoms with Gasteiger partial charge in [-0.2, -0.15) is 0 Å². The Balaban J connectivity index is 2.48. The Bertz CT molecular complexity index is 442.